The van der Waals surface area contributed by atoms with Gasteiger partial charge in [0.05, 0.1) is 7.82 Å². The molecule has 0 atom stereocenters. The Balaban J connectivity index is -0.0000000383. The average Bonchev–Trinajstić information content (AvgIpc) is 1.19. The Bertz CT molecular complexity index is 116. The van der Waals surface area contributed by atoms with Gasteiger partial charge >= 0.3 is 39.0 Å². The molecule has 1 N–H and O–H groups in total. The van der Waals surface area contributed by atoms with Crippen molar-refractivity contribution in [3.63, 3.8) is 0 Å². The van der Waals surface area contributed by atoms with Gasteiger partial charge in [-0.05, 0) is 6.16 Å². The van der Waals surface area contributed by atoms with Gasteiger partial charge in [0.1, 0.15) is 0 Å². The summed E-state index contributed by atoms with van der Waals surface area (Å²) in [6, 6.07) is 0. The van der Waals surface area contributed by atoms with Crippen molar-refractivity contribution in [2.75, 3.05) is 0 Å². The molecule has 0 amide bonds. The van der Waals surface area contributed by atoms with Gasteiger partial charge in [-0.25, -0.2) is 0 Å². The van der Waals surface area contributed by atoms with Gasteiger partial charge in [0, 0.05) is 0 Å². The fraction of sp³-hybridized carbons (Fsp3) is 0. The van der Waals surface area contributed by atoms with Gasteiger partial charge in [-0.1, -0.05) is 0 Å². The van der Waals surface area contributed by atoms with E-state index >= 15 is 0 Å². The second kappa shape index (κ2) is 10.6. The topological polar surface area (TPSA) is 147 Å². The predicted molar refractivity (Wildman–Crippen MR) is 15.2 cm³/mol. The SMILES string of the molecule is O=C([O-])[O-].O=P([O-])([O-])O.[Zn+2].[Zn+2]. The van der Waals surface area contributed by atoms with E-state index in [1.54, 1.807) is 0 Å². The van der Waals surface area contributed by atoms with Crippen LogP contribution < -0.4 is 20.0 Å². The summed E-state index contributed by atoms with van der Waals surface area (Å²) in [7, 11) is -5.14. The minimum absolute atomic E-state index is 0. The molecule has 56 valence electrons. The molecule has 0 aliphatic carbocycles. The number of rotatable bonds is 0. The normalized spacial score (nSPS) is 7.55. The molecule has 0 heterocycles. The molecule has 0 rings (SSSR count). The molecule has 0 fully saturated rings. The Kier molecular flexibility index (Phi) is 21.8. The van der Waals surface area contributed by atoms with Crippen LogP contribution in [0.4, 0.5) is 4.79 Å². The Morgan fingerprint density at radius 2 is 1.18 bits per heavy atom. The molecule has 7 nitrogen and oxygen atoms in total. The van der Waals surface area contributed by atoms with Crippen LogP contribution in [0, 0.1) is 0 Å². The summed E-state index contributed by atoms with van der Waals surface area (Å²) in [5.41, 5.74) is 0. The molecule has 0 aliphatic heterocycles. The van der Waals surface area contributed by atoms with Crippen LogP contribution in [0.5, 0.6) is 0 Å². The minimum Gasteiger partial charge on any atom is -0.790 e. The fourth-order valence-corrected chi connectivity index (χ4v) is 0. The second-order valence-corrected chi connectivity index (χ2v) is 1.66. The van der Waals surface area contributed by atoms with Crippen LogP contribution in [0.2, 0.25) is 0 Å². The van der Waals surface area contributed by atoms with E-state index < -0.39 is 14.0 Å². The monoisotopic (exact) mass is 284 g/mol. The number of carboxylic acid groups (broad SMARTS) is 2. The molecule has 0 spiro atoms. The molecule has 0 aliphatic rings. The van der Waals surface area contributed by atoms with Crippen LogP contribution >= 0.6 is 7.82 Å². The molecular weight excluding hydrogens is 286 g/mol. The van der Waals surface area contributed by atoms with E-state index in [1.165, 1.54) is 0 Å². The first kappa shape index (κ1) is 22.6. The van der Waals surface area contributed by atoms with Crippen LogP contribution in [0.15, 0.2) is 0 Å². The third-order valence-electron chi connectivity index (χ3n) is 0. The molecule has 11 heavy (non-hydrogen) atoms. The molecule has 0 unspecified atom stereocenters. The smallest absolute Gasteiger partial charge is 0.790 e. The van der Waals surface area contributed by atoms with E-state index in [2.05, 4.69) is 0 Å². The van der Waals surface area contributed by atoms with Gasteiger partial charge in [-0.2, -0.15) is 0 Å². The molecule has 0 aromatic heterocycles. The van der Waals surface area contributed by atoms with E-state index in [1.807, 2.05) is 0 Å². The number of hydrogen-bond acceptors (Lipinski definition) is 6. The summed E-state index contributed by atoms with van der Waals surface area (Å²) in [6.07, 6.45) is -2.33. The summed E-state index contributed by atoms with van der Waals surface area (Å²) in [5.74, 6) is 0. The largest absolute Gasteiger partial charge is 2.00 e. The second-order valence-electron chi connectivity index (χ2n) is 0.719. The van der Waals surface area contributed by atoms with Crippen molar-refractivity contribution in [3.8, 4) is 0 Å². The van der Waals surface area contributed by atoms with E-state index in [4.69, 9.17) is 34.3 Å². The van der Waals surface area contributed by atoms with Crippen molar-refractivity contribution in [1.29, 1.82) is 0 Å². The maximum Gasteiger partial charge on any atom is 2.00 e. The first-order valence-electron chi connectivity index (χ1n) is 1.36. The minimum atomic E-state index is -5.14. The van der Waals surface area contributed by atoms with Gasteiger partial charge in [-0.15, -0.1) is 0 Å². The molecule has 0 aromatic carbocycles. The van der Waals surface area contributed by atoms with Crippen molar-refractivity contribution in [3.05, 3.63) is 0 Å². The Morgan fingerprint density at radius 3 is 1.18 bits per heavy atom. The van der Waals surface area contributed by atoms with Gasteiger partial charge in [-0.3, -0.25) is 0 Å². The van der Waals surface area contributed by atoms with Crippen molar-refractivity contribution >= 4 is 14.0 Å². The molecular formula is CHO7PZn2. The zero-order chi connectivity index (χ0) is 8.08. The van der Waals surface area contributed by atoms with E-state index in [0.717, 1.165) is 0 Å². The molecule has 0 radical (unpaired) electrons. The van der Waals surface area contributed by atoms with Crippen LogP contribution in [0.1, 0.15) is 0 Å². The number of carbonyl (C=O) groups excluding carboxylic acids is 1. The molecule has 0 saturated carbocycles. The zero-order valence-electron chi connectivity index (χ0n) is 5.26. The van der Waals surface area contributed by atoms with Crippen LogP contribution in [-0.4, -0.2) is 11.0 Å². The maximum atomic E-state index is 8.66. The summed E-state index contributed by atoms with van der Waals surface area (Å²) in [4.78, 5) is 32.6. The van der Waals surface area contributed by atoms with Crippen LogP contribution in [-0.2, 0) is 43.5 Å². The summed E-state index contributed by atoms with van der Waals surface area (Å²) in [5, 5.41) is 16.7. The van der Waals surface area contributed by atoms with E-state index in [0.29, 0.717) is 0 Å². The zero-order valence-corrected chi connectivity index (χ0v) is 12.1. The summed E-state index contributed by atoms with van der Waals surface area (Å²) >= 11 is 0. The molecule has 10 heteroatoms. The van der Waals surface area contributed by atoms with Crippen molar-refractivity contribution in [2.24, 2.45) is 0 Å². The molecule has 0 bridgehead atoms. The standard InChI is InChI=1S/CH2O3.H3O4P.2Zn/c2-1(3)4;1-5(2,3)4;;/h(H2,2,3,4);(H3,1,2,3,4);;/q;;2*+2/p-4. The quantitative estimate of drug-likeness (QED) is 0.348. The van der Waals surface area contributed by atoms with Gasteiger partial charge < -0.3 is 34.3 Å². The number of hydrogen-bond donors (Lipinski definition) is 1. The Hall–Kier alpha value is 0.627. The molecule has 0 saturated heterocycles. The number of carbonyl (C=O) groups is 1. The Labute approximate surface area is 87.2 Å². The third-order valence-corrected chi connectivity index (χ3v) is 0. The first-order chi connectivity index (χ1) is 3.73. The fourth-order valence-electron chi connectivity index (χ4n) is 0. The summed E-state index contributed by atoms with van der Waals surface area (Å²) in [6.45, 7) is 0. The van der Waals surface area contributed by atoms with Gasteiger partial charge in [0.25, 0.3) is 0 Å². The average molecular weight is 287 g/mol. The summed E-state index contributed by atoms with van der Waals surface area (Å²) < 4.78 is 8.66. The van der Waals surface area contributed by atoms with Crippen molar-refractivity contribution < 1.29 is 73.2 Å². The number of phosphoric acid groups is 1. The van der Waals surface area contributed by atoms with Gasteiger partial charge in [0.2, 0.25) is 0 Å². The van der Waals surface area contributed by atoms with E-state index in [9.17, 15) is 0 Å². The third kappa shape index (κ3) is 2010. The van der Waals surface area contributed by atoms with Crippen molar-refractivity contribution in [1.82, 2.24) is 0 Å². The Morgan fingerprint density at radius 1 is 1.18 bits per heavy atom. The first-order valence-corrected chi connectivity index (χ1v) is 2.86. The van der Waals surface area contributed by atoms with Crippen molar-refractivity contribution in [2.45, 2.75) is 0 Å². The van der Waals surface area contributed by atoms with E-state index in [-0.39, 0.29) is 39.0 Å². The molecule has 0 aromatic rings. The maximum absolute atomic E-state index is 8.66. The van der Waals surface area contributed by atoms with Gasteiger partial charge in [0.15, 0.2) is 0 Å². The predicted octanol–water partition coefficient (Wildman–Crippen LogP) is -4.64. The van der Waals surface area contributed by atoms with Crippen LogP contribution in [0.3, 0.4) is 0 Å². The van der Waals surface area contributed by atoms with Crippen LogP contribution in [0.25, 0.3) is 0 Å².